The standard InChI is InChI=1S/C20H24N2O2S/c23-25(24,20-10-2-1-3-11-20)22-13-6-9-19(16-22)21-14-12-17-7-4-5-8-18(17)15-21/h1-5,7-8,10-11,19H,6,9,12-16H2/t19-/m0/s1. The molecule has 0 saturated carbocycles. The van der Waals surface area contributed by atoms with Gasteiger partial charge in [-0.3, -0.25) is 4.90 Å². The van der Waals surface area contributed by atoms with Crippen molar-refractivity contribution in [2.24, 2.45) is 0 Å². The van der Waals surface area contributed by atoms with E-state index in [4.69, 9.17) is 0 Å². The minimum Gasteiger partial charge on any atom is -0.294 e. The molecular formula is C20H24N2O2S. The van der Waals surface area contributed by atoms with Crippen molar-refractivity contribution in [3.8, 4) is 0 Å². The molecule has 4 rings (SSSR count). The summed E-state index contributed by atoms with van der Waals surface area (Å²) >= 11 is 0. The molecule has 0 amide bonds. The van der Waals surface area contributed by atoms with Crippen LogP contribution in [0.2, 0.25) is 0 Å². The zero-order valence-corrected chi connectivity index (χ0v) is 15.2. The van der Waals surface area contributed by atoms with E-state index in [1.165, 1.54) is 11.1 Å². The van der Waals surface area contributed by atoms with Crippen LogP contribution in [0.5, 0.6) is 0 Å². The van der Waals surface area contributed by atoms with E-state index < -0.39 is 10.0 Å². The Labute approximate surface area is 150 Å². The molecule has 0 bridgehead atoms. The molecule has 1 saturated heterocycles. The van der Waals surface area contributed by atoms with Gasteiger partial charge >= 0.3 is 0 Å². The van der Waals surface area contributed by atoms with Gasteiger partial charge in [0.15, 0.2) is 0 Å². The summed E-state index contributed by atoms with van der Waals surface area (Å²) in [6, 6.07) is 17.7. The van der Waals surface area contributed by atoms with Crippen LogP contribution in [0.3, 0.4) is 0 Å². The van der Waals surface area contributed by atoms with Gasteiger partial charge in [0.05, 0.1) is 4.90 Å². The second kappa shape index (κ2) is 6.90. The Kier molecular flexibility index (Phi) is 4.63. The summed E-state index contributed by atoms with van der Waals surface area (Å²) in [5.74, 6) is 0. The predicted octanol–water partition coefficient (Wildman–Crippen LogP) is 2.90. The van der Waals surface area contributed by atoms with Crippen LogP contribution in [0, 0.1) is 0 Å². The van der Waals surface area contributed by atoms with Crippen LogP contribution >= 0.6 is 0 Å². The van der Waals surface area contributed by atoms with Gasteiger partial charge in [0.25, 0.3) is 0 Å². The molecule has 5 heteroatoms. The molecule has 0 unspecified atom stereocenters. The SMILES string of the molecule is O=S(=O)(c1ccccc1)N1CCC[C@H](N2CCc3ccccc3C2)C1. The Morgan fingerprint density at radius 3 is 2.40 bits per heavy atom. The van der Waals surface area contributed by atoms with Gasteiger partial charge in [0.2, 0.25) is 10.0 Å². The van der Waals surface area contributed by atoms with Crippen molar-refractivity contribution in [3.05, 3.63) is 65.7 Å². The van der Waals surface area contributed by atoms with Crippen LogP contribution in [0.25, 0.3) is 0 Å². The Balaban J connectivity index is 1.50. The van der Waals surface area contributed by atoms with Crippen LogP contribution in [0.1, 0.15) is 24.0 Å². The van der Waals surface area contributed by atoms with Crippen molar-refractivity contribution in [2.45, 2.75) is 36.7 Å². The lowest BCUT2D eigenvalue weighted by molar-refractivity contribution is 0.122. The number of rotatable bonds is 3. The maximum absolute atomic E-state index is 12.9. The van der Waals surface area contributed by atoms with Gasteiger partial charge in [0, 0.05) is 32.2 Å². The van der Waals surface area contributed by atoms with Gasteiger partial charge in [-0.2, -0.15) is 4.31 Å². The van der Waals surface area contributed by atoms with Gasteiger partial charge in [-0.05, 0) is 42.5 Å². The molecule has 0 N–H and O–H groups in total. The molecular weight excluding hydrogens is 332 g/mol. The molecule has 2 aromatic carbocycles. The molecule has 25 heavy (non-hydrogen) atoms. The summed E-state index contributed by atoms with van der Waals surface area (Å²) < 4.78 is 27.5. The van der Waals surface area contributed by atoms with Gasteiger partial charge in [-0.1, -0.05) is 42.5 Å². The normalized spacial score (nSPS) is 22.5. The van der Waals surface area contributed by atoms with E-state index in [9.17, 15) is 8.42 Å². The van der Waals surface area contributed by atoms with Crippen LogP contribution in [0.15, 0.2) is 59.5 Å². The van der Waals surface area contributed by atoms with Crippen molar-refractivity contribution in [1.29, 1.82) is 0 Å². The smallest absolute Gasteiger partial charge is 0.243 e. The van der Waals surface area contributed by atoms with E-state index >= 15 is 0 Å². The Bertz CT molecular complexity index is 836. The lowest BCUT2D eigenvalue weighted by Crippen LogP contribution is -2.50. The fraction of sp³-hybridized carbons (Fsp3) is 0.400. The minimum atomic E-state index is -3.39. The molecule has 1 atom stereocenters. The zero-order valence-electron chi connectivity index (χ0n) is 14.3. The van der Waals surface area contributed by atoms with Gasteiger partial charge in [0.1, 0.15) is 0 Å². The van der Waals surface area contributed by atoms with Crippen molar-refractivity contribution in [2.75, 3.05) is 19.6 Å². The van der Waals surface area contributed by atoms with Crippen LogP contribution in [0.4, 0.5) is 0 Å². The van der Waals surface area contributed by atoms with E-state index in [1.807, 2.05) is 6.07 Å². The molecule has 2 aliphatic rings. The highest BCUT2D eigenvalue weighted by Crippen LogP contribution is 2.27. The Morgan fingerprint density at radius 1 is 0.880 bits per heavy atom. The molecule has 0 spiro atoms. The number of hydrogen-bond donors (Lipinski definition) is 0. The average Bonchev–Trinajstić information content (AvgIpc) is 2.68. The number of nitrogens with zero attached hydrogens (tertiary/aromatic N) is 2. The molecule has 2 heterocycles. The Morgan fingerprint density at radius 2 is 1.60 bits per heavy atom. The van der Waals surface area contributed by atoms with Crippen LogP contribution in [-0.4, -0.2) is 43.3 Å². The lowest BCUT2D eigenvalue weighted by Gasteiger charge is -2.41. The molecule has 132 valence electrons. The molecule has 0 aromatic heterocycles. The highest BCUT2D eigenvalue weighted by molar-refractivity contribution is 7.89. The third-order valence-corrected chi connectivity index (χ3v) is 7.30. The quantitative estimate of drug-likeness (QED) is 0.849. The first-order valence-corrected chi connectivity index (χ1v) is 10.4. The summed E-state index contributed by atoms with van der Waals surface area (Å²) in [6.45, 7) is 3.17. The topological polar surface area (TPSA) is 40.6 Å². The summed E-state index contributed by atoms with van der Waals surface area (Å²) in [4.78, 5) is 2.87. The number of sulfonamides is 1. The number of fused-ring (bicyclic) bond motifs is 1. The van der Waals surface area contributed by atoms with E-state index in [0.29, 0.717) is 24.0 Å². The van der Waals surface area contributed by atoms with Crippen molar-refractivity contribution in [1.82, 2.24) is 9.21 Å². The summed E-state index contributed by atoms with van der Waals surface area (Å²) in [5.41, 5.74) is 2.82. The van der Waals surface area contributed by atoms with Gasteiger partial charge in [-0.15, -0.1) is 0 Å². The third kappa shape index (κ3) is 3.36. The summed E-state index contributed by atoms with van der Waals surface area (Å²) in [7, 11) is -3.39. The zero-order chi connectivity index (χ0) is 17.3. The fourth-order valence-corrected chi connectivity index (χ4v) is 5.55. The molecule has 1 fully saturated rings. The van der Waals surface area contributed by atoms with E-state index in [0.717, 1.165) is 32.4 Å². The fourth-order valence-electron chi connectivity index (χ4n) is 4.01. The predicted molar refractivity (Wildman–Crippen MR) is 98.8 cm³/mol. The highest BCUT2D eigenvalue weighted by atomic mass is 32.2. The minimum absolute atomic E-state index is 0.306. The first-order chi connectivity index (χ1) is 12.1. The number of benzene rings is 2. The molecule has 0 aliphatic carbocycles. The third-order valence-electron chi connectivity index (χ3n) is 5.42. The van der Waals surface area contributed by atoms with Crippen LogP contribution in [-0.2, 0) is 23.0 Å². The Hall–Kier alpha value is -1.69. The first-order valence-electron chi connectivity index (χ1n) is 9.00. The maximum Gasteiger partial charge on any atom is 0.243 e. The van der Waals surface area contributed by atoms with E-state index in [1.54, 1.807) is 28.6 Å². The summed E-state index contributed by atoms with van der Waals surface area (Å²) in [5, 5.41) is 0. The second-order valence-corrected chi connectivity index (χ2v) is 8.90. The number of piperidine rings is 1. The van der Waals surface area contributed by atoms with E-state index in [-0.39, 0.29) is 0 Å². The summed E-state index contributed by atoms with van der Waals surface area (Å²) in [6.07, 6.45) is 3.05. The van der Waals surface area contributed by atoms with Crippen LogP contribution < -0.4 is 0 Å². The van der Waals surface area contributed by atoms with Gasteiger partial charge < -0.3 is 0 Å². The first kappa shape index (κ1) is 16.8. The van der Waals surface area contributed by atoms with Crippen molar-refractivity contribution < 1.29 is 8.42 Å². The van der Waals surface area contributed by atoms with Crippen molar-refractivity contribution >= 4 is 10.0 Å². The lowest BCUT2D eigenvalue weighted by atomic mass is 9.96. The molecule has 4 nitrogen and oxygen atoms in total. The van der Waals surface area contributed by atoms with Gasteiger partial charge in [-0.25, -0.2) is 8.42 Å². The van der Waals surface area contributed by atoms with E-state index in [2.05, 4.69) is 29.2 Å². The monoisotopic (exact) mass is 356 g/mol. The molecule has 2 aromatic rings. The number of hydrogen-bond acceptors (Lipinski definition) is 3. The van der Waals surface area contributed by atoms with Crippen molar-refractivity contribution in [3.63, 3.8) is 0 Å². The largest absolute Gasteiger partial charge is 0.294 e. The maximum atomic E-state index is 12.9. The average molecular weight is 356 g/mol. The second-order valence-electron chi connectivity index (χ2n) is 6.96. The molecule has 2 aliphatic heterocycles. The molecule has 0 radical (unpaired) electrons. The highest BCUT2D eigenvalue weighted by Gasteiger charge is 2.33.